The van der Waals surface area contributed by atoms with Crippen LogP contribution in [0.4, 0.5) is 5.69 Å². The maximum absolute atomic E-state index is 12.3. The van der Waals surface area contributed by atoms with Crippen LogP contribution in [0.5, 0.6) is 5.75 Å². The van der Waals surface area contributed by atoms with Gasteiger partial charge in [-0.3, -0.25) is 14.5 Å². The standard InChI is InChI=1S/C16H19NO3/c1-5-20-10-6-11-9(2)8-16(3,4)17-13(11)12(7-10)14(18)15(17)19/h6-7,9H,5,8H2,1-4H3/t9-/m1/s1. The van der Waals surface area contributed by atoms with E-state index < -0.39 is 11.7 Å². The van der Waals surface area contributed by atoms with Crippen molar-refractivity contribution in [2.75, 3.05) is 11.5 Å². The normalized spacial score (nSPS) is 23.0. The maximum atomic E-state index is 12.3. The molecule has 2 aliphatic rings. The van der Waals surface area contributed by atoms with Gasteiger partial charge in [-0.2, -0.15) is 0 Å². The molecule has 1 aromatic carbocycles. The first kappa shape index (κ1) is 13.2. The number of benzene rings is 1. The van der Waals surface area contributed by atoms with Gasteiger partial charge in [0.05, 0.1) is 17.9 Å². The van der Waals surface area contributed by atoms with Crippen LogP contribution in [0.2, 0.25) is 0 Å². The molecule has 2 aliphatic heterocycles. The summed E-state index contributed by atoms with van der Waals surface area (Å²) in [5.74, 6) is 0.154. The molecule has 0 radical (unpaired) electrons. The molecule has 0 unspecified atom stereocenters. The number of anilines is 1. The van der Waals surface area contributed by atoms with Gasteiger partial charge in [-0.05, 0) is 50.8 Å². The molecular weight excluding hydrogens is 254 g/mol. The zero-order chi connectivity index (χ0) is 14.7. The lowest BCUT2D eigenvalue weighted by atomic mass is 9.80. The first-order valence-electron chi connectivity index (χ1n) is 7.06. The molecule has 106 valence electrons. The van der Waals surface area contributed by atoms with Crippen molar-refractivity contribution in [3.05, 3.63) is 23.3 Å². The van der Waals surface area contributed by atoms with E-state index in [1.807, 2.05) is 26.8 Å². The van der Waals surface area contributed by atoms with Gasteiger partial charge in [-0.25, -0.2) is 0 Å². The predicted molar refractivity (Wildman–Crippen MR) is 76.5 cm³/mol. The highest BCUT2D eigenvalue weighted by atomic mass is 16.5. The van der Waals surface area contributed by atoms with Crippen molar-refractivity contribution in [3.63, 3.8) is 0 Å². The van der Waals surface area contributed by atoms with Crippen LogP contribution in [0, 0.1) is 0 Å². The van der Waals surface area contributed by atoms with E-state index in [2.05, 4.69) is 6.92 Å². The second kappa shape index (κ2) is 4.08. The molecule has 0 saturated carbocycles. The molecule has 4 heteroatoms. The summed E-state index contributed by atoms with van der Waals surface area (Å²) < 4.78 is 5.53. The summed E-state index contributed by atoms with van der Waals surface area (Å²) in [5.41, 5.74) is 2.02. The third kappa shape index (κ3) is 1.60. The Kier molecular flexibility index (Phi) is 2.68. The van der Waals surface area contributed by atoms with Crippen molar-refractivity contribution in [1.29, 1.82) is 0 Å². The summed E-state index contributed by atoms with van der Waals surface area (Å²) in [6, 6.07) is 3.68. The van der Waals surface area contributed by atoms with E-state index >= 15 is 0 Å². The monoisotopic (exact) mass is 273 g/mol. The number of ether oxygens (including phenoxy) is 1. The highest BCUT2D eigenvalue weighted by Crippen LogP contribution is 2.49. The topological polar surface area (TPSA) is 46.6 Å². The lowest BCUT2D eigenvalue weighted by Gasteiger charge is -2.43. The summed E-state index contributed by atoms with van der Waals surface area (Å²) in [7, 11) is 0. The minimum absolute atomic E-state index is 0.300. The number of amides is 1. The van der Waals surface area contributed by atoms with Crippen molar-refractivity contribution >= 4 is 17.4 Å². The maximum Gasteiger partial charge on any atom is 0.299 e. The Balaban J connectivity index is 2.26. The number of hydrogen-bond donors (Lipinski definition) is 0. The summed E-state index contributed by atoms with van der Waals surface area (Å²) in [4.78, 5) is 26.2. The number of carbonyl (C=O) groups is 2. The zero-order valence-corrected chi connectivity index (χ0v) is 12.3. The molecule has 1 aromatic rings. The number of carbonyl (C=O) groups excluding carboxylic acids is 2. The Bertz CT molecular complexity index is 618. The Morgan fingerprint density at radius 1 is 1.35 bits per heavy atom. The zero-order valence-electron chi connectivity index (χ0n) is 12.3. The average molecular weight is 273 g/mol. The van der Waals surface area contributed by atoms with Crippen molar-refractivity contribution in [2.24, 2.45) is 0 Å². The number of ketones is 1. The van der Waals surface area contributed by atoms with Crippen molar-refractivity contribution < 1.29 is 14.3 Å². The smallest absolute Gasteiger partial charge is 0.299 e. The van der Waals surface area contributed by atoms with Crippen LogP contribution in [0.25, 0.3) is 0 Å². The van der Waals surface area contributed by atoms with Gasteiger partial charge in [-0.15, -0.1) is 0 Å². The van der Waals surface area contributed by atoms with Gasteiger partial charge in [0, 0.05) is 5.54 Å². The molecule has 0 spiro atoms. The van der Waals surface area contributed by atoms with Gasteiger partial charge in [0.1, 0.15) is 5.75 Å². The second-order valence-corrected chi connectivity index (χ2v) is 6.23. The lowest BCUT2D eigenvalue weighted by molar-refractivity contribution is -0.115. The van der Waals surface area contributed by atoms with E-state index in [1.54, 1.807) is 11.0 Å². The van der Waals surface area contributed by atoms with Crippen LogP contribution < -0.4 is 9.64 Å². The SMILES string of the molecule is CCOc1cc2c3c(c1)[C@H](C)CC(C)(C)N3C(=O)C2=O. The molecule has 0 aliphatic carbocycles. The molecule has 20 heavy (non-hydrogen) atoms. The van der Waals surface area contributed by atoms with Crippen LogP contribution in [0.15, 0.2) is 12.1 Å². The fourth-order valence-electron chi connectivity index (χ4n) is 3.52. The summed E-state index contributed by atoms with van der Waals surface area (Å²) in [5, 5.41) is 0. The van der Waals surface area contributed by atoms with Crippen molar-refractivity contribution in [2.45, 2.75) is 45.6 Å². The van der Waals surface area contributed by atoms with Crippen LogP contribution in [0.1, 0.15) is 56.0 Å². The molecule has 0 bridgehead atoms. The predicted octanol–water partition coefficient (Wildman–Crippen LogP) is 2.90. The first-order chi connectivity index (χ1) is 9.36. The van der Waals surface area contributed by atoms with Crippen LogP contribution in [0.3, 0.4) is 0 Å². The molecule has 0 saturated heterocycles. The highest BCUT2D eigenvalue weighted by molar-refractivity contribution is 6.53. The van der Waals surface area contributed by atoms with Gasteiger partial charge in [-0.1, -0.05) is 6.92 Å². The molecule has 3 rings (SSSR count). The molecule has 4 nitrogen and oxygen atoms in total. The highest BCUT2D eigenvalue weighted by Gasteiger charge is 2.49. The van der Waals surface area contributed by atoms with Crippen LogP contribution in [-0.2, 0) is 4.79 Å². The van der Waals surface area contributed by atoms with Gasteiger partial charge in [0.15, 0.2) is 0 Å². The van der Waals surface area contributed by atoms with E-state index in [1.165, 1.54) is 0 Å². The summed E-state index contributed by atoms with van der Waals surface area (Å²) in [6.45, 7) is 8.62. The van der Waals surface area contributed by atoms with Crippen LogP contribution in [-0.4, -0.2) is 23.8 Å². The van der Waals surface area contributed by atoms with E-state index in [9.17, 15) is 9.59 Å². The molecule has 1 atom stereocenters. The van der Waals surface area contributed by atoms with Crippen molar-refractivity contribution in [1.82, 2.24) is 0 Å². The number of hydrogen-bond acceptors (Lipinski definition) is 3. The molecule has 1 amide bonds. The fraction of sp³-hybridized carbons (Fsp3) is 0.500. The van der Waals surface area contributed by atoms with Gasteiger partial charge < -0.3 is 4.74 Å². The molecule has 0 fully saturated rings. The molecule has 0 aromatic heterocycles. The number of nitrogens with zero attached hydrogens (tertiary/aromatic N) is 1. The molecule has 2 heterocycles. The Hall–Kier alpha value is -1.84. The third-order valence-corrected chi connectivity index (χ3v) is 4.23. The third-order valence-electron chi connectivity index (χ3n) is 4.23. The van der Waals surface area contributed by atoms with Crippen molar-refractivity contribution in [3.8, 4) is 5.75 Å². The Morgan fingerprint density at radius 3 is 2.70 bits per heavy atom. The van der Waals surface area contributed by atoms with E-state index in [4.69, 9.17) is 4.74 Å². The second-order valence-electron chi connectivity index (χ2n) is 6.23. The minimum Gasteiger partial charge on any atom is -0.494 e. The Morgan fingerprint density at radius 2 is 2.05 bits per heavy atom. The first-order valence-corrected chi connectivity index (χ1v) is 7.06. The minimum atomic E-state index is -0.412. The summed E-state index contributed by atoms with van der Waals surface area (Å²) in [6.07, 6.45) is 0.841. The quantitative estimate of drug-likeness (QED) is 0.778. The van der Waals surface area contributed by atoms with E-state index in [-0.39, 0.29) is 5.54 Å². The van der Waals surface area contributed by atoms with E-state index in [0.717, 1.165) is 17.7 Å². The van der Waals surface area contributed by atoms with Gasteiger partial charge in [0.25, 0.3) is 11.7 Å². The summed E-state index contributed by atoms with van der Waals surface area (Å²) >= 11 is 0. The van der Waals surface area contributed by atoms with Crippen LogP contribution >= 0.6 is 0 Å². The molecule has 0 N–H and O–H groups in total. The van der Waals surface area contributed by atoms with Gasteiger partial charge >= 0.3 is 0 Å². The number of Topliss-reactive ketones (excluding diaryl/α,β-unsaturated/α-hetero) is 1. The van der Waals surface area contributed by atoms with Gasteiger partial charge in [0.2, 0.25) is 0 Å². The Labute approximate surface area is 118 Å². The fourth-order valence-corrected chi connectivity index (χ4v) is 3.52. The number of rotatable bonds is 2. The average Bonchev–Trinajstić information content (AvgIpc) is 2.61. The lowest BCUT2D eigenvalue weighted by Crippen LogP contribution is -2.50. The molecular formula is C16H19NO3. The van der Waals surface area contributed by atoms with E-state index in [0.29, 0.717) is 23.8 Å². The largest absolute Gasteiger partial charge is 0.494 e.